The van der Waals surface area contributed by atoms with E-state index in [0.29, 0.717) is 0 Å². The summed E-state index contributed by atoms with van der Waals surface area (Å²) in [7, 11) is 0. The van der Waals surface area contributed by atoms with Crippen molar-refractivity contribution >= 4 is 33.7 Å². The fraction of sp³-hybridized carbons (Fsp3) is 0.286. The topological polar surface area (TPSA) is 12.4 Å². The summed E-state index contributed by atoms with van der Waals surface area (Å²) in [5, 5.41) is 2.82. The molecule has 3 aliphatic rings. The van der Waals surface area contributed by atoms with Crippen LogP contribution in [0.25, 0.3) is 16.3 Å². The molecular formula is C21H21NS. The van der Waals surface area contributed by atoms with Crippen molar-refractivity contribution in [1.29, 1.82) is 0 Å². The molecule has 0 aromatic heterocycles. The lowest BCUT2D eigenvalue weighted by Crippen LogP contribution is -2.06. The van der Waals surface area contributed by atoms with Crippen molar-refractivity contribution in [1.82, 2.24) is 0 Å². The van der Waals surface area contributed by atoms with Crippen molar-refractivity contribution in [2.24, 2.45) is 4.99 Å². The Kier molecular flexibility index (Phi) is 4.34. The number of aliphatic imine (C=N–C) groups is 1. The van der Waals surface area contributed by atoms with Crippen LogP contribution in [-0.4, -0.2) is 17.8 Å². The zero-order chi connectivity index (χ0) is 15.5. The van der Waals surface area contributed by atoms with Gasteiger partial charge in [-0.3, -0.25) is 4.99 Å². The van der Waals surface area contributed by atoms with Crippen LogP contribution < -0.4 is 0 Å². The summed E-state index contributed by atoms with van der Waals surface area (Å²) < 4.78 is 0. The van der Waals surface area contributed by atoms with Crippen LogP contribution in [0.3, 0.4) is 0 Å². The molecule has 0 saturated heterocycles. The van der Waals surface area contributed by atoms with Crippen molar-refractivity contribution < 1.29 is 0 Å². The number of thioether (sulfide) groups is 1. The standard InChI is InChI=1S/C18H16.C3H5NS/c1-3-7-15-13(5-1)9-11-18-16-8-4-2-6-14(16)10-12-17(15)18;1-2-5-3-4-1/h1,3-5,7-9,11H,2,6,10,12H2;3H,1-2H2. The van der Waals surface area contributed by atoms with Gasteiger partial charge >= 0.3 is 0 Å². The Labute approximate surface area is 142 Å². The van der Waals surface area contributed by atoms with Gasteiger partial charge in [0, 0.05) is 12.3 Å². The first-order valence-electron chi connectivity index (χ1n) is 8.43. The van der Waals surface area contributed by atoms with Crippen LogP contribution in [0, 0.1) is 0 Å². The first kappa shape index (κ1) is 14.8. The van der Waals surface area contributed by atoms with E-state index in [0.717, 1.165) is 6.54 Å². The second kappa shape index (κ2) is 6.76. The molecule has 1 nitrogen and oxygen atoms in total. The summed E-state index contributed by atoms with van der Waals surface area (Å²) in [6.45, 7) is 1.03. The molecular weight excluding hydrogens is 298 g/mol. The van der Waals surface area contributed by atoms with Crippen molar-refractivity contribution in [2.45, 2.75) is 25.7 Å². The monoisotopic (exact) mass is 319 g/mol. The summed E-state index contributed by atoms with van der Waals surface area (Å²) in [4.78, 5) is 3.92. The second-order valence-corrected chi connectivity index (χ2v) is 7.11. The minimum Gasteiger partial charge on any atom is -0.285 e. The lowest BCUT2D eigenvalue weighted by Gasteiger charge is -2.25. The van der Waals surface area contributed by atoms with Gasteiger partial charge in [0.2, 0.25) is 0 Å². The van der Waals surface area contributed by atoms with Gasteiger partial charge in [-0.05, 0) is 53.2 Å². The molecule has 0 unspecified atom stereocenters. The molecule has 116 valence electrons. The van der Waals surface area contributed by atoms with Gasteiger partial charge in [0.15, 0.2) is 0 Å². The van der Waals surface area contributed by atoms with Gasteiger partial charge in [-0.25, -0.2) is 0 Å². The Hall–Kier alpha value is -1.80. The lowest BCUT2D eigenvalue weighted by atomic mass is 9.80. The molecule has 0 atom stereocenters. The Bertz CT molecular complexity index is 808. The zero-order valence-electron chi connectivity index (χ0n) is 13.3. The predicted molar refractivity (Wildman–Crippen MR) is 103 cm³/mol. The van der Waals surface area contributed by atoms with E-state index in [9.17, 15) is 0 Å². The highest BCUT2D eigenvalue weighted by molar-refractivity contribution is 8.12. The summed E-state index contributed by atoms with van der Waals surface area (Å²) in [6, 6.07) is 13.4. The fourth-order valence-corrected chi connectivity index (χ4v) is 4.18. The van der Waals surface area contributed by atoms with Crippen molar-refractivity contribution in [2.75, 3.05) is 12.3 Å². The molecule has 1 aliphatic heterocycles. The number of fused-ring (bicyclic) bond motifs is 4. The minimum absolute atomic E-state index is 1.03. The highest BCUT2D eigenvalue weighted by Gasteiger charge is 2.20. The third kappa shape index (κ3) is 3.00. The quantitative estimate of drug-likeness (QED) is 0.611. The highest BCUT2D eigenvalue weighted by atomic mass is 32.2. The molecule has 0 fully saturated rings. The van der Waals surface area contributed by atoms with Gasteiger partial charge < -0.3 is 0 Å². The van der Waals surface area contributed by atoms with Crippen molar-refractivity contribution in [3.8, 4) is 0 Å². The number of rotatable bonds is 0. The summed E-state index contributed by atoms with van der Waals surface area (Å²) in [5.41, 5.74) is 8.11. The van der Waals surface area contributed by atoms with Crippen molar-refractivity contribution in [3.63, 3.8) is 0 Å². The Balaban J connectivity index is 0.000000233. The maximum absolute atomic E-state index is 3.92. The Morgan fingerprint density at radius 3 is 2.74 bits per heavy atom. The van der Waals surface area contributed by atoms with Gasteiger partial charge in [0.05, 0.1) is 5.55 Å². The van der Waals surface area contributed by atoms with E-state index >= 15 is 0 Å². The highest BCUT2D eigenvalue weighted by Crippen LogP contribution is 2.39. The molecule has 0 saturated carbocycles. The van der Waals surface area contributed by atoms with Crippen LogP contribution in [-0.2, 0) is 6.42 Å². The molecule has 0 bridgehead atoms. The minimum atomic E-state index is 1.03. The maximum Gasteiger partial charge on any atom is 0.0542 e. The summed E-state index contributed by atoms with van der Waals surface area (Å²) in [5.74, 6) is 1.19. The Morgan fingerprint density at radius 1 is 0.957 bits per heavy atom. The molecule has 2 aromatic carbocycles. The van der Waals surface area contributed by atoms with Crippen molar-refractivity contribution in [3.05, 3.63) is 65.3 Å². The number of hydrogen-bond donors (Lipinski definition) is 0. The van der Waals surface area contributed by atoms with Crippen LogP contribution >= 0.6 is 11.8 Å². The number of aryl methyl sites for hydroxylation is 1. The SMILES string of the molecule is C1=CC2=C(CC1)CCc1c2ccc2ccccc12.C1=NCCS1. The molecule has 5 rings (SSSR count). The van der Waals surface area contributed by atoms with Gasteiger partial charge in [0.1, 0.15) is 0 Å². The third-order valence-electron chi connectivity index (χ3n) is 4.77. The number of allylic oxidation sites excluding steroid dienone is 4. The van der Waals surface area contributed by atoms with Crippen LogP contribution in [0.1, 0.15) is 30.4 Å². The van der Waals surface area contributed by atoms with Gasteiger partial charge in [-0.2, -0.15) is 0 Å². The normalized spacial score (nSPS) is 18.4. The smallest absolute Gasteiger partial charge is 0.0542 e. The van der Waals surface area contributed by atoms with Crippen LogP contribution in [0.15, 0.2) is 59.1 Å². The van der Waals surface area contributed by atoms with E-state index in [1.807, 2.05) is 5.55 Å². The van der Waals surface area contributed by atoms with E-state index in [-0.39, 0.29) is 0 Å². The van der Waals surface area contributed by atoms with E-state index in [1.54, 1.807) is 22.9 Å². The largest absolute Gasteiger partial charge is 0.285 e. The lowest BCUT2D eigenvalue weighted by molar-refractivity contribution is 0.831. The van der Waals surface area contributed by atoms with E-state index < -0.39 is 0 Å². The number of hydrogen-bond acceptors (Lipinski definition) is 2. The molecule has 2 aliphatic carbocycles. The predicted octanol–water partition coefficient (Wildman–Crippen LogP) is 5.65. The molecule has 2 aromatic rings. The molecule has 1 heterocycles. The Morgan fingerprint density at radius 2 is 1.91 bits per heavy atom. The zero-order valence-corrected chi connectivity index (χ0v) is 14.1. The van der Waals surface area contributed by atoms with Gasteiger partial charge in [-0.15, -0.1) is 11.8 Å². The van der Waals surface area contributed by atoms with Crippen LogP contribution in [0.5, 0.6) is 0 Å². The van der Waals surface area contributed by atoms with Gasteiger partial charge in [-0.1, -0.05) is 54.1 Å². The fourth-order valence-electron chi connectivity index (χ4n) is 3.65. The first-order chi connectivity index (χ1) is 11.4. The van der Waals surface area contributed by atoms with E-state index in [2.05, 4.69) is 53.5 Å². The molecule has 0 radical (unpaired) electrons. The molecule has 0 amide bonds. The van der Waals surface area contributed by atoms with Gasteiger partial charge in [0.25, 0.3) is 0 Å². The third-order valence-corrected chi connectivity index (χ3v) is 5.49. The number of nitrogens with zero attached hydrogens (tertiary/aromatic N) is 1. The first-order valence-corrected chi connectivity index (χ1v) is 9.48. The molecule has 0 N–H and O–H groups in total. The number of benzene rings is 2. The van der Waals surface area contributed by atoms with E-state index in [4.69, 9.17) is 0 Å². The molecule has 2 heteroatoms. The maximum atomic E-state index is 3.92. The molecule has 23 heavy (non-hydrogen) atoms. The second-order valence-electron chi connectivity index (χ2n) is 6.15. The van der Waals surface area contributed by atoms with Crippen LogP contribution in [0.2, 0.25) is 0 Å². The average molecular weight is 319 g/mol. The summed E-state index contributed by atoms with van der Waals surface area (Å²) >= 11 is 1.78. The van der Waals surface area contributed by atoms with Crippen LogP contribution in [0.4, 0.5) is 0 Å². The average Bonchev–Trinajstić information content (AvgIpc) is 3.21. The molecule has 0 spiro atoms. The van der Waals surface area contributed by atoms with E-state index in [1.165, 1.54) is 53.3 Å². The summed E-state index contributed by atoms with van der Waals surface area (Å²) in [6.07, 6.45) is 9.61.